The molecule has 0 saturated carbocycles. The van der Waals surface area contributed by atoms with Gasteiger partial charge in [-0.05, 0) is 19.3 Å². The van der Waals surface area contributed by atoms with E-state index in [-0.39, 0.29) is 50.1 Å². The number of rotatable bonds is 15. The van der Waals surface area contributed by atoms with Gasteiger partial charge >= 0.3 is 37.7 Å². The van der Waals surface area contributed by atoms with E-state index in [0.717, 1.165) is 38.5 Å². The first-order valence-electron chi connectivity index (χ1n) is 8.54. The van der Waals surface area contributed by atoms with E-state index in [9.17, 15) is 14.7 Å². The Morgan fingerprint density at radius 1 is 0.739 bits per heavy atom. The Hall–Kier alpha value is -0.310. The summed E-state index contributed by atoms with van der Waals surface area (Å²) in [7, 11) is 0. The second kappa shape index (κ2) is 19.7. The summed E-state index contributed by atoms with van der Waals surface area (Å²) in [4.78, 5) is 21.2. The Morgan fingerprint density at radius 2 is 1.09 bits per heavy atom. The topological polar surface area (TPSA) is 93.0 Å². The number of carboxylic acids is 1. The minimum atomic E-state index is -0.939. The third-order valence-corrected chi connectivity index (χ3v) is 3.73. The predicted molar refractivity (Wildman–Crippen MR) is 89.2 cm³/mol. The van der Waals surface area contributed by atoms with Crippen LogP contribution in [0.3, 0.4) is 0 Å². The Kier molecular flexibility index (Phi) is 21.4. The quantitative estimate of drug-likeness (QED) is 0.213. The van der Waals surface area contributed by atoms with Gasteiger partial charge in [-0.2, -0.15) is 5.26 Å². The molecule has 0 heterocycles. The summed E-state index contributed by atoms with van der Waals surface area (Å²) in [6, 6.07) is 0. The normalized spacial score (nSPS) is 9.70. The van der Waals surface area contributed by atoms with Gasteiger partial charge in [0, 0.05) is 12.4 Å². The largest absolute Gasteiger partial charge is 2.00 e. The van der Waals surface area contributed by atoms with Crippen LogP contribution in [0.2, 0.25) is 0 Å². The van der Waals surface area contributed by atoms with E-state index < -0.39 is 5.97 Å². The van der Waals surface area contributed by atoms with Crippen molar-refractivity contribution in [3.8, 4) is 6.19 Å². The molecule has 0 unspecified atom stereocenters. The van der Waals surface area contributed by atoms with Gasteiger partial charge in [0.2, 0.25) is 5.91 Å². The Bertz CT molecular complexity index is 343. The van der Waals surface area contributed by atoms with Crippen molar-refractivity contribution in [3.05, 3.63) is 0 Å². The monoisotopic (exact) mass is 349 g/mol. The van der Waals surface area contributed by atoms with Crippen LogP contribution in [-0.4, -0.2) is 49.6 Å². The first kappa shape index (κ1) is 24.9. The van der Waals surface area contributed by atoms with Crippen LogP contribution in [0.25, 0.3) is 0 Å². The maximum absolute atomic E-state index is 11.0. The van der Waals surface area contributed by atoms with Crippen LogP contribution in [0.5, 0.6) is 0 Å². The van der Waals surface area contributed by atoms with Crippen molar-refractivity contribution in [1.82, 2.24) is 5.32 Å². The molecule has 0 bridgehead atoms. The van der Waals surface area contributed by atoms with Crippen molar-refractivity contribution in [3.63, 3.8) is 0 Å². The Labute approximate surface area is 170 Å². The molecule has 0 aromatic carbocycles. The number of carbonyl (C=O) groups is 2. The predicted octanol–water partition coefficient (Wildman–Crippen LogP) is 2.41. The van der Waals surface area contributed by atoms with Gasteiger partial charge in [0.05, 0.1) is 0 Å². The number of nitrogens with one attached hydrogen (secondary N) is 1. The van der Waals surface area contributed by atoms with Crippen LogP contribution in [0.4, 0.5) is 0 Å². The molecule has 0 fully saturated rings. The van der Waals surface area contributed by atoms with Gasteiger partial charge in [0.1, 0.15) is 0 Å². The minimum Gasteiger partial charge on any atom is -0.550 e. The molecule has 0 radical (unpaired) electrons. The van der Waals surface area contributed by atoms with E-state index >= 15 is 0 Å². The maximum atomic E-state index is 11.0. The van der Waals surface area contributed by atoms with Crippen molar-refractivity contribution >= 4 is 49.6 Å². The SMILES string of the molecule is N#CNC(=O)CCCCCCCCCCCCCCC(=O)[O-].[Ca+2]. The van der Waals surface area contributed by atoms with E-state index in [0.29, 0.717) is 6.42 Å². The number of carbonyl (C=O) groups excluding carboxylic acids is 2. The second-order valence-electron chi connectivity index (χ2n) is 5.77. The molecule has 0 aliphatic rings. The van der Waals surface area contributed by atoms with Gasteiger partial charge in [-0.3, -0.25) is 10.1 Å². The molecule has 5 nitrogen and oxygen atoms in total. The molecule has 0 rings (SSSR count). The molecular weight excluding hydrogens is 320 g/mol. The molecule has 1 N–H and O–H groups in total. The van der Waals surface area contributed by atoms with Crippen LogP contribution < -0.4 is 10.4 Å². The van der Waals surface area contributed by atoms with Crippen molar-refractivity contribution in [2.75, 3.05) is 0 Å². The molecule has 1 amide bonds. The zero-order valence-electron chi connectivity index (χ0n) is 14.3. The Balaban J connectivity index is 0. The Morgan fingerprint density at radius 3 is 1.43 bits per heavy atom. The molecule has 0 aromatic rings. The molecule has 0 aliphatic heterocycles. The van der Waals surface area contributed by atoms with E-state index in [4.69, 9.17) is 5.26 Å². The van der Waals surface area contributed by atoms with Crippen LogP contribution in [0, 0.1) is 11.5 Å². The van der Waals surface area contributed by atoms with Gasteiger partial charge < -0.3 is 9.90 Å². The van der Waals surface area contributed by atoms with Gasteiger partial charge in [0.25, 0.3) is 0 Å². The minimum absolute atomic E-state index is 0. The summed E-state index contributed by atoms with van der Waals surface area (Å²) in [5.41, 5.74) is 0. The van der Waals surface area contributed by atoms with Crippen LogP contribution in [0.1, 0.15) is 89.9 Å². The fourth-order valence-electron chi connectivity index (χ4n) is 2.45. The fraction of sp³-hybridized carbons (Fsp3) is 0.824. The van der Waals surface area contributed by atoms with Crippen molar-refractivity contribution < 1.29 is 14.7 Å². The number of nitriles is 1. The molecule has 0 aromatic heterocycles. The molecule has 126 valence electrons. The van der Waals surface area contributed by atoms with Crippen molar-refractivity contribution in [2.24, 2.45) is 0 Å². The van der Waals surface area contributed by atoms with Crippen LogP contribution >= 0.6 is 0 Å². The average molecular weight is 350 g/mol. The van der Waals surface area contributed by atoms with E-state index in [1.54, 1.807) is 6.19 Å². The van der Waals surface area contributed by atoms with Gasteiger partial charge in [-0.25, -0.2) is 0 Å². The molecule has 0 aliphatic carbocycles. The number of unbranched alkanes of at least 4 members (excludes halogenated alkanes) is 11. The number of carboxylic acid groups (broad SMARTS) is 1. The van der Waals surface area contributed by atoms with E-state index in [1.165, 1.54) is 38.5 Å². The molecule has 0 spiro atoms. The number of hydrogen-bond donors (Lipinski definition) is 1. The molecule has 23 heavy (non-hydrogen) atoms. The summed E-state index contributed by atoms with van der Waals surface area (Å²) in [5, 5.41) is 20.6. The van der Waals surface area contributed by atoms with Crippen molar-refractivity contribution in [2.45, 2.75) is 89.9 Å². The molecule has 6 heteroatoms. The molecular formula is C17H29CaN2O3+. The standard InChI is InChI=1S/C17H30N2O3.Ca/c18-15-19-16(20)13-11-9-7-5-3-1-2-4-6-8-10-12-14-17(21)22;/h1-14H2,(H,19,20)(H,21,22);/q;+2/p-1. The summed E-state index contributed by atoms with van der Waals surface area (Å²) in [5.74, 6) is -1.12. The van der Waals surface area contributed by atoms with Crippen LogP contribution in [0.15, 0.2) is 0 Å². The van der Waals surface area contributed by atoms with Crippen LogP contribution in [-0.2, 0) is 9.59 Å². The van der Waals surface area contributed by atoms with Crippen molar-refractivity contribution in [1.29, 1.82) is 5.26 Å². The third-order valence-electron chi connectivity index (χ3n) is 3.73. The third kappa shape index (κ3) is 21.7. The first-order valence-corrected chi connectivity index (χ1v) is 8.54. The summed E-state index contributed by atoms with van der Waals surface area (Å²) in [6.07, 6.45) is 15.6. The summed E-state index contributed by atoms with van der Waals surface area (Å²) in [6.45, 7) is 0. The maximum Gasteiger partial charge on any atom is 2.00 e. The summed E-state index contributed by atoms with van der Waals surface area (Å²) >= 11 is 0. The molecule has 0 saturated heterocycles. The fourth-order valence-corrected chi connectivity index (χ4v) is 2.45. The molecule has 0 atom stereocenters. The second-order valence-corrected chi connectivity index (χ2v) is 5.77. The first-order chi connectivity index (χ1) is 10.7. The van der Waals surface area contributed by atoms with Gasteiger partial charge in [-0.15, -0.1) is 0 Å². The zero-order chi connectivity index (χ0) is 16.5. The zero-order valence-corrected chi connectivity index (χ0v) is 16.5. The average Bonchev–Trinajstić information content (AvgIpc) is 2.47. The smallest absolute Gasteiger partial charge is 0.550 e. The summed E-state index contributed by atoms with van der Waals surface area (Å²) < 4.78 is 0. The van der Waals surface area contributed by atoms with Gasteiger partial charge in [-0.1, -0.05) is 64.2 Å². The number of hydrogen-bond acceptors (Lipinski definition) is 4. The number of amides is 1. The number of nitrogens with zero attached hydrogens (tertiary/aromatic N) is 1. The van der Waals surface area contributed by atoms with E-state index in [1.807, 2.05) is 0 Å². The number of aliphatic carboxylic acids is 1. The van der Waals surface area contributed by atoms with Gasteiger partial charge in [0.15, 0.2) is 6.19 Å². The van der Waals surface area contributed by atoms with E-state index in [2.05, 4.69) is 5.32 Å².